The van der Waals surface area contributed by atoms with E-state index in [2.05, 4.69) is 16.0 Å². The van der Waals surface area contributed by atoms with E-state index in [1.807, 2.05) is 4.90 Å². The van der Waals surface area contributed by atoms with Gasteiger partial charge in [0.25, 0.3) is 0 Å². The molecule has 25 heavy (non-hydrogen) atoms. The maximum absolute atomic E-state index is 13.2. The van der Waals surface area contributed by atoms with Gasteiger partial charge in [0.1, 0.15) is 17.7 Å². The first kappa shape index (κ1) is 17.0. The van der Waals surface area contributed by atoms with Crippen molar-refractivity contribution in [2.45, 2.75) is 12.6 Å². The van der Waals surface area contributed by atoms with Crippen LogP contribution in [0.5, 0.6) is 0 Å². The highest BCUT2D eigenvalue weighted by Gasteiger charge is 2.36. The fourth-order valence-electron chi connectivity index (χ4n) is 2.95. The number of hydrogen-bond acceptors (Lipinski definition) is 5. The quantitative estimate of drug-likeness (QED) is 0.836. The van der Waals surface area contributed by atoms with E-state index in [1.54, 1.807) is 23.2 Å². The molecule has 130 valence electrons. The summed E-state index contributed by atoms with van der Waals surface area (Å²) in [5.74, 6) is 0.530. The Hall–Kier alpha value is -2.82. The molecule has 2 aromatic rings. The molecule has 1 fully saturated rings. The second-order valence-corrected chi connectivity index (χ2v) is 5.69. The summed E-state index contributed by atoms with van der Waals surface area (Å²) >= 11 is 0. The number of pyridine rings is 2. The zero-order valence-electron chi connectivity index (χ0n) is 13.4. The van der Waals surface area contributed by atoms with Crippen LogP contribution in [0.15, 0.2) is 36.7 Å². The highest BCUT2D eigenvalue weighted by atomic mass is 19.4. The van der Waals surface area contributed by atoms with Crippen molar-refractivity contribution >= 4 is 11.6 Å². The number of anilines is 2. The van der Waals surface area contributed by atoms with Crippen LogP contribution in [0.3, 0.4) is 0 Å². The summed E-state index contributed by atoms with van der Waals surface area (Å²) in [6, 6.07) is 7.83. The van der Waals surface area contributed by atoms with Crippen molar-refractivity contribution in [3.63, 3.8) is 0 Å². The molecular formula is C17H16F3N5. The van der Waals surface area contributed by atoms with Gasteiger partial charge in [0.2, 0.25) is 0 Å². The van der Waals surface area contributed by atoms with Gasteiger partial charge in [-0.25, -0.2) is 9.97 Å². The molecule has 0 aliphatic carbocycles. The maximum atomic E-state index is 13.2. The van der Waals surface area contributed by atoms with Gasteiger partial charge in [-0.15, -0.1) is 0 Å². The van der Waals surface area contributed by atoms with Crippen molar-refractivity contribution in [2.24, 2.45) is 0 Å². The Kier molecular flexibility index (Phi) is 4.74. The Labute approximate surface area is 143 Å². The van der Waals surface area contributed by atoms with Crippen molar-refractivity contribution in [3.05, 3.63) is 47.8 Å². The van der Waals surface area contributed by atoms with Crippen LogP contribution in [0.2, 0.25) is 0 Å². The lowest BCUT2D eigenvalue weighted by Gasteiger charge is -2.25. The molecule has 0 radical (unpaired) electrons. The third-order valence-corrected chi connectivity index (χ3v) is 4.09. The van der Waals surface area contributed by atoms with Crippen LogP contribution in [0.4, 0.5) is 24.8 Å². The average molecular weight is 347 g/mol. The fraction of sp³-hybridized carbons (Fsp3) is 0.353. The molecule has 0 N–H and O–H groups in total. The lowest BCUT2D eigenvalue weighted by molar-refractivity contribution is -0.137. The van der Waals surface area contributed by atoms with E-state index in [-0.39, 0.29) is 5.82 Å². The summed E-state index contributed by atoms with van der Waals surface area (Å²) in [7, 11) is 0. The molecule has 0 unspecified atom stereocenters. The van der Waals surface area contributed by atoms with Gasteiger partial charge in [-0.2, -0.15) is 18.4 Å². The Balaban J connectivity index is 1.83. The molecule has 0 saturated carbocycles. The van der Waals surface area contributed by atoms with E-state index in [0.29, 0.717) is 44.0 Å². The van der Waals surface area contributed by atoms with Gasteiger partial charge in [0.15, 0.2) is 0 Å². The standard InChI is InChI=1S/C17H16F3N5/c18-17(19,20)14-5-2-7-23-16(14)25-9-3-8-24(10-11-25)15-13(12-21)4-1-6-22-15/h1-2,4-7H,3,8-11H2. The fourth-order valence-corrected chi connectivity index (χ4v) is 2.95. The number of alkyl halides is 3. The van der Waals surface area contributed by atoms with Gasteiger partial charge in [-0.1, -0.05) is 0 Å². The van der Waals surface area contributed by atoms with Gasteiger partial charge >= 0.3 is 6.18 Å². The molecule has 5 nitrogen and oxygen atoms in total. The number of aromatic nitrogens is 2. The first-order valence-electron chi connectivity index (χ1n) is 7.88. The lowest BCUT2D eigenvalue weighted by Crippen LogP contribution is -2.33. The lowest BCUT2D eigenvalue weighted by atomic mass is 10.2. The molecule has 1 aliphatic rings. The van der Waals surface area contributed by atoms with E-state index in [9.17, 15) is 18.4 Å². The number of nitrogens with zero attached hydrogens (tertiary/aromatic N) is 5. The summed E-state index contributed by atoms with van der Waals surface area (Å²) in [6.45, 7) is 1.93. The topological polar surface area (TPSA) is 56.1 Å². The SMILES string of the molecule is N#Cc1cccnc1N1CCCN(c2ncccc2C(F)(F)F)CC1. The van der Waals surface area contributed by atoms with E-state index in [1.165, 1.54) is 12.3 Å². The predicted octanol–water partition coefficient (Wildman–Crippen LogP) is 3.08. The number of rotatable bonds is 2. The van der Waals surface area contributed by atoms with Crippen LogP contribution >= 0.6 is 0 Å². The first-order valence-corrected chi connectivity index (χ1v) is 7.88. The van der Waals surface area contributed by atoms with Crippen molar-refractivity contribution in [1.29, 1.82) is 5.26 Å². The molecule has 0 atom stereocenters. The third-order valence-electron chi connectivity index (χ3n) is 4.09. The van der Waals surface area contributed by atoms with Gasteiger partial charge in [-0.3, -0.25) is 0 Å². The minimum Gasteiger partial charge on any atom is -0.354 e. The summed E-state index contributed by atoms with van der Waals surface area (Å²) in [6.07, 6.45) is -0.807. The minimum atomic E-state index is -4.44. The summed E-state index contributed by atoms with van der Waals surface area (Å²) in [5.41, 5.74) is -0.260. The van der Waals surface area contributed by atoms with Gasteiger partial charge in [0.05, 0.1) is 11.1 Å². The summed E-state index contributed by atoms with van der Waals surface area (Å²) in [4.78, 5) is 11.8. The molecule has 0 amide bonds. The zero-order valence-corrected chi connectivity index (χ0v) is 13.4. The van der Waals surface area contributed by atoms with Crippen molar-refractivity contribution in [1.82, 2.24) is 9.97 Å². The Morgan fingerprint density at radius 1 is 0.920 bits per heavy atom. The number of hydrogen-bond donors (Lipinski definition) is 0. The second-order valence-electron chi connectivity index (χ2n) is 5.69. The smallest absolute Gasteiger partial charge is 0.354 e. The van der Waals surface area contributed by atoms with E-state index in [4.69, 9.17) is 0 Å². The Bertz CT molecular complexity index is 784. The molecule has 3 heterocycles. The van der Waals surface area contributed by atoms with Crippen molar-refractivity contribution in [3.8, 4) is 6.07 Å². The molecule has 3 rings (SSSR count). The third kappa shape index (κ3) is 3.65. The van der Waals surface area contributed by atoms with Gasteiger partial charge in [-0.05, 0) is 30.7 Å². The van der Waals surface area contributed by atoms with Crippen LogP contribution < -0.4 is 9.80 Å². The highest BCUT2D eigenvalue weighted by Crippen LogP contribution is 2.35. The van der Waals surface area contributed by atoms with E-state index in [0.717, 1.165) is 6.07 Å². The molecular weight excluding hydrogens is 331 g/mol. The monoisotopic (exact) mass is 347 g/mol. The molecule has 1 saturated heterocycles. The molecule has 8 heteroatoms. The van der Waals surface area contributed by atoms with Gasteiger partial charge < -0.3 is 9.80 Å². The minimum absolute atomic E-state index is 0.0432. The van der Waals surface area contributed by atoms with Crippen LogP contribution in [-0.2, 0) is 6.18 Å². The second kappa shape index (κ2) is 6.97. The van der Waals surface area contributed by atoms with E-state index < -0.39 is 11.7 Å². The van der Waals surface area contributed by atoms with E-state index >= 15 is 0 Å². The first-order chi connectivity index (χ1) is 12.0. The Morgan fingerprint density at radius 3 is 2.16 bits per heavy atom. The molecule has 1 aliphatic heterocycles. The van der Waals surface area contributed by atoms with Crippen LogP contribution in [-0.4, -0.2) is 36.1 Å². The number of halogens is 3. The Morgan fingerprint density at radius 2 is 1.52 bits per heavy atom. The van der Waals surface area contributed by atoms with Gasteiger partial charge in [0, 0.05) is 38.6 Å². The van der Waals surface area contributed by atoms with Crippen LogP contribution in [0.25, 0.3) is 0 Å². The van der Waals surface area contributed by atoms with Crippen molar-refractivity contribution < 1.29 is 13.2 Å². The summed E-state index contributed by atoms with van der Waals surface area (Å²) in [5, 5.41) is 9.21. The number of nitriles is 1. The molecule has 0 aromatic carbocycles. The van der Waals surface area contributed by atoms with Crippen molar-refractivity contribution in [2.75, 3.05) is 36.0 Å². The largest absolute Gasteiger partial charge is 0.419 e. The molecule has 0 bridgehead atoms. The molecule has 2 aromatic heterocycles. The average Bonchev–Trinajstić information content (AvgIpc) is 2.87. The highest BCUT2D eigenvalue weighted by molar-refractivity contribution is 5.55. The summed E-state index contributed by atoms with van der Waals surface area (Å²) < 4.78 is 39.7. The molecule has 0 spiro atoms. The normalized spacial score (nSPS) is 15.6. The predicted molar refractivity (Wildman–Crippen MR) is 87.2 cm³/mol. The maximum Gasteiger partial charge on any atom is 0.419 e. The van der Waals surface area contributed by atoms with Crippen LogP contribution in [0, 0.1) is 11.3 Å². The van der Waals surface area contributed by atoms with Crippen LogP contribution in [0.1, 0.15) is 17.5 Å². The zero-order chi connectivity index (χ0) is 17.9.